The van der Waals surface area contributed by atoms with E-state index in [9.17, 15) is 4.79 Å². The molecule has 19 heavy (non-hydrogen) atoms. The molecule has 108 valence electrons. The molecular weight excluding hydrogens is 302 g/mol. The predicted molar refractivity (Wildman–Crippen MR) is 81.3 cm³/mol. The second-order valence-corrected chi connectivity index (χ2v) is 7.92. The van der Waals surface area contributed by atoms with Gasteiger partial charge in [-0.2, -0.15) is 0 Å². The molecule has 4 bridgehead atoms. The molecule has 0 spiro atoms. The van der Waals surface area contributed by atoms with E-state index < -0.39 is 0 Å². The van der Waals surface area contributed by atoms with Gasteiger partial charge < -0.3 is 4.90 Å². The Morgan fingerprint density at radius 3 is 2.11 bits per heavy atom. The lowest BCUT2D eigenvalue weighted by Gasteiger charge is -2.56. The smallest absolute Gasteiger partial charge is 0.228 e. The summed E-state index contributed by atoms with van der Waals surface area (Å²) in [6.45, 7) is 3.95. The second kappa shape index (κ2) is 5.38. The molecule has 0 N–H and O–H groups in total. The van der Waals surface area contributed by atoms with E-state index in [4.69, 9.17) is 0 Å². The van der Waals surface area contributed by atoms with Gasteiger partial charge in [0.1, 0.15) is 0 Å². The molecule has 4 rings (SSSR count). The van der Waals surface area contributed by atoms with E-state index in [1.807, 2.05) is 0 Å². The maximum Gasteiger partial charge on any atom is 0.228 e. The van der Waals surface area contributed by atoms with Crippen LogP contribution < -0.4 is 0 Å². The van der Waals surface area contributed by atoms with Gasteiger partial charge in [0.05, 0.1) is 5.41 Å². The van der Waals surface area contributed by atoms with Crippen molar-refractivity contribution in [1.29, 1.82) is 0 Å². The van der Waals surface area contributed by atoms with Crippen molar-refractivity contribution in [1.82, 2.24) is 4.90 Å². The summed E-state index contributed by atoms with van der Waals surface area (Å²) < 4.78 is 0. The van der Waals surface area contributed by atoms with Gasteiger partial charge in [0, 0.05) is 18.4 Å². The van der Waals surface area contributed by atoms with Crippen molar-refractivity contribution in [2.24, 2.45) is 23.2 Å². The maximum absolute atomic E-state index is 13.0. The number of carbonyl (C=O) groups is 1. The summed E-state index contributed by atoms with van der Waals surface area (Å²) in [6, 6.07) is 0. The highest BCUT2D eigenvalue weighted by Gasteiger charge is 2.55. The number of hydrogen-bond acceptors (Lipinski definition) is 1. The quantitative estimate of drug-likeness (QED) is 0.702. The summed E-state index contributed by atoms with van der Waals surface area (Å²) in [4.78, 5) is 15.2. The number of nitrogens with zero attached hydrogens (tertiary/aromatic N) is 1. The molecule has 0 aromatic carbocycles. The van der Waals surface area contributed by atoms with Crippen LogP contribution in [-0.2, 0) is 4.79 Å². The first-order chi connectivity index (χ1) is 9.16. The van der Waals surface area contributed by atoms with Crippen LogP contribution in [0.5, 0.6) is 0 Å². The number of carbonyl (C=O) groups excluding carboxylic acids is 1. The molecule has 4 fully saturated rings. The standard InChI is InChI=1S/C16H26BrNO/c1-2-18(5-3-4-17)15(19)16-9-12-6-13(10-16)8-14(7-12)11-16/h12-14H,2-11H2,1H3. The first-order valence-corrected chi connectivity index (χ1v) is 9.14. The highest BCUT2D eigenvalue weighted by molar-refractivity contribution is 9.09. The predicted octanol–water partition coefficient (Wildman–Crippen LogP) is 3.84. The van der Waals surface area contributed by atoms with Crippen LogP contribution in [0.2, 0.25) is 0 Å². The van der Waals surface area contributed by atoms with E-state index in [0.29, 0.717) is 5.91 Å². The fraction of sp³-hybridized carbons (Fsp3) is 0.938. The maximum atomic E-state index is 13.0. The van der Waals surface area contributed by atoms with Gasteiger partial charge in [-0.05, 0) is 69.6 Å². The zero-order valence-electron chi connectivity index (χ0n) is 12.0. The molecule has 0 heterocycles. The summed E-state index contributed by atoms with van der Waals surface area (Å²) in [5, 5.41) is 0.998. The van der Waals surface area contributed by atoms with Crippen LogP contribution in [0.1, 0.15) is 51.9 Å². The van der Waals surface area contributed by atoms with Gasteiger partial charge in [0.15, 0.2) is 0 Å². The molecule has 0 aromatic heterocycles. The van der Waals surface area contributed by atoms with Crippen LogP contribution in [0.15, 0.2) is 0 Å². The minimum Gasteiger partial charge on any atom is -0.342 e. The monoisotopic (exact) mass is 327 g/mol. The molecule has 0 radical (unpaired) electrons. The minimum absolute atomic E-state index is 0.0527. The first-order valence-electron chi connectivity index (χ1n) is 8.02. The lowest BCUT2D eigenvalue weighted by molar-refractivity contribution is -0.157. The Hall–Kier alpha value is -0.0500. The molecular formula is C16H26BrNO. The number of alkyl halides is 1. The van der Waals surface area contributed by atoms with Crippen molar-refractivity contribution < 1.29 is 4.79 Å². The normalized spacial score (nSPS) is 39.6. The first kappa shape index (κ1) is 13.9. The largest absolute Gasteiger partial charge is 0.342 e. The number of halogens is 1. The van der Waals surface area contributed by atoms with E-state index in [2.05, 4.69) is 27.8 Å². The Morgan fingerprint density at radius 2 is 1.68 bits per heavy atom. The summed E-state index contributed by atoms with van der Waals surface area (Å²) >= 11 is 3.48. The Morgan fingerprint density at radius 1 is 1.16 bits per heavy atom. The van der Waals surface area contributed by atoms with Gasteiger partial charge in [0.2, 0.25) is 5.91 Å². The van der Waals surface area contributed by atoms with Crippen LogP contribution in [0, 0.1) is 23.2 Å². The number of amides is 1. The third-order valence-electron chi connectivity index (χ3n) is 5.72. The second-order valence-electron chi connectivity index (χ2n) is 7.13. The lowest BCUT2D eigenvalue weighted by atomic mass is 9.49. The van der Waals surface area contributed by atoms with Crippen LogP contribution >= 0.6 is 15.9 Å². The summed E-state index contributed by atoms with van der Waals surface area (Å²) in [6.07, 6.45) is 8.92. The summed E-state index contributed by atoms with van der Waals surface area (Å²) in [5.41, 5.74) is 0.0527. The summed E-state index contributed by atoms with van der Waals surface area (Å²) in [7, 11) is 0. The average Bonchev–Trinajstić information content (AvgIpc) is 2.37. The van der Waals surface area contributed by atoms with Crippen LogP contribution in [-0.4, -0.2) is 29.2 Å². The lowest BCUT2D eigenvalue weighted by Crippen LogP contribution is -2.54. The molecule has 4 aliphatic rings. The van der Waals surface area contributed by atoms with Gasteiger partial charge in [0.25, 0.3) is 0 Å². The van der Waals surface area contributed by atoms with Gasteiger partial charge in [-0.25, -0.2) is 0 Å². The third-order valence-corrected chi connectivity index (χ3v) is 6.28. The zero-order chi connectivity index (χ0) is 13.5. The third kappa shape index (κ3) is 2.48. The van der Waals surface area contributed by atoms with Crippen molar-refractivity contribution in [2.45, 2.75) is 51.9 Å². The molecule has 0 aromatic rings. The van der Waals surface area contributed by atoms with Crippen LogP contribution in [0.4, 0.5) is 0 Å². The van der Waals surface area contributed by atoms with Crippen molar-refractivity contribution in [3.63, 3.8) is 0 Å². The van der Waals surface area contributed by atoms with Crippen molar-refractivity contribution in [2.75, 3.05) is 18.4 Å². The van der Waals surface area contributed by atoms with E-state index in [1.54, 1.807) is 0 Å². The Balaban J connectivity index is 1.74. The fourth-order valence-electron chi connectivity index (χ4n) is 5.36. The molecule has 0 saturated heterocycles. The highest BCUT2D eigenvalue weighted by Crippen LogP contribution is 2.60. The van der Waals surface area contributed by atoms with E-state index in [1.165, 1.54) is 38.5 Å². The van der Waals surface area contributed by atoms with Crippen LogP contribution in [0.25, 0.3) is 0 Å². The molecule has 0 unspecified atom stereocenters. The molecule has 0 aliphatic heterocycles. The zero-order valence-corrected chi connectivity index (χ0v) is 13.6. The Labute approximate surface area is 125 Å². The fourth-order valence-corrected chi connectivity index (χ4v) is 5.61. The summed E-state index contributed by atoms with van der Waals surface area (Å²) in [5.74, 6) is 3.09. The molecule has 0 atom stereocenters. The van der Waals surface area contributed by atoms with E-state index in [0.717, 1.165) is 42.6 Å². The van der Waals surface area contributed by atoms with Gasteiger partial charge in [-0.3, -0.25) is 4.79 Å². The number of hydrogen-bond donors (Lipinski definition) is 0. The van der Waals surface area contributed by atoms with Crippen LogP contribution in [0.3, 0.4) is 0 Å². The molecule has 2 nitrogen and oxygen atoms in total. The molecule has 4 saturated carbocycles. The Kier molecular flexibility index (Phi) is 3.94. The van der Waals surface area contributed by atoms with Gasteiger partial charge in [-0.15, -0.1) is 0 Å². The van der Waals surface area contributed by atoms with E-state index >= 15 is 0 Å². The van der Waals surface area contributed by atoms with Gasteiger partial charge >= 0.3 is 0 Å². The molecule has 4 aliphatic carbocycles. The number of rotatable bonds is 5. The van der Waals surface area contributed by atoms with Crippen molar-refractivity contribution in [3.8, 4) is 0 Å². The minimum atomic E-state index is 0.0527. The van der Waals surface area contributed by atoms with Crippen molar-refractivity contribution >= 4 is 21.8 Å². The topological polar surface area (TPSA) is 20.3 Å². The molecule has 3 heteroatoms. The SMILES string of the molecule is CCN(CCCBr)C(=O)C12CC3CC(CC(C3)C1)C2. The Bertz CT molecular complexity index is 319. The molecule has 1 amide bonds. The van der Waals surface area contributed by atoms with Gasteiger partial charge in [-0.1, -0.05) is 15.9 Å². The average molecular weight is 328 g/mol. The van der Waals surface area contributed by atoms with E-state index in [-0.39, 0.29) is 5.41 Å². The van der Waals surface area contributed by atoms with Crippen molar-refractivity contribution in [3.05, 3.63) is 0 Å². The highest BCUT2D eigenvalue weighted by atomic mass is 79.9.